The summed E-state index contributed by atoms with van der Waals surface area (Å²) in [6.45, 7) is 2.11. The summed E-state index contributed by atoms with van der Waals surface area (Å²) in [7, 11) is 0. The summed E-state index contributed by atoms with van der Waals surface area (Å²) in [6, 6.07) is 8.52. The van der Waals surface area contributed by atoms with Crippen LogP contribution in [0.5, 0.6) is 0 Å². The molecule has 2 nitrogen and oxygen atoms in total. The van der Waals surface area contributed by atoms with E-state index in [2.05, 4.69) is 41.2 Å². The van der Waals surface area contributed by atoms with Crippen molar-refractivity contribution in [1.82, 2.24) is 9.97 Å². The normalized spacial score (nSPS) is 10.2. The van der Waals surface area contributed by atoms with E-state index in [0.717, 1.165) is 12.1 Å². The van der Waals surface area contributed by atoms with Gasteiger partial charge in [-0.2, -0.15) is 0 Å². The van der Waals surface area contributed by atoms with Gasteiger partial charge in [-0.3, -0.25) is 0 Å². The molecule has 0 aliphatic rings. The van der Waals surface area contributed by atoms with Gasteiger partial charge in [0.05, 0.1) is 6.33 Å². The van der Waals surface area contributed by atoms with Crippen LogP contribution in [0.25, 0.3) is 0 Å². The summed E-state index contributed by atoms with van der Waals surface area (Å²) in [5, 5.41) is 0. The van der Waals surface area contributed by atoms with Crippen LogP contribution in [0, 0.1) is 6.92 Å². The summed E-state index contributed by atoms with van der Waals surface area (Å²) in [6.07, 6.45) is 4.51. The maximum absolute atomic E-state index is 3.99. The number of nitrogens with zero attached hydrogens (tertiary/aromatic N) is 1. The minimum absolute atomic E-state index is 0.932. The maximum Gasteiger partial charge on any atom is 0.0921 e. The first kappa shape index (κ1) is 8.05. The first-order chi connectivity index (χ1) is 6.34. The Morgan fingerprint density at radius 1 is 1.38 bits per heavy atom. The van der Waals surface area contributed by atoms with Crippen molar-refractivity contribution >= 4 is 0 Å². The lowest BCUT2D eigenvalue weighted by Gasteiger charge is -1.99. The van der Waals surface area contributed by atoms with Crippen LogP contribution < -0.4 is 0 Å². The molecule has 1 aromatic heterocycles. The van der Waals surface area contributed by atoms with Crippen LogP contribution in [0.15, 0.2) is 36.8 Å². The van der Waals surface area contributed by atoms with Crippen molar-refractivity contribution in [3.63, 3.8) is 0 Å². The van der Waals surface area contributed by atoms with E-state index in [4.69, 9.17) is 0 Å². The predicted octanol–water partition coefficient (Wildman–Crippen LogP) is 2.31. The lowest BCUT2D eigenvalue weighted by Crippen LogP contribution is -1.88. The molecule has 0 saturated heterocycles. The lowest BCUT2D eigenvalue weighted by atomic mass is 10.1. The Morgan fingerprint density at radius 2 is 2.31 bits per heavy atom. The molecule has 66 valence electrons. The highest BCUT2D eigenvalue weighted by molar-refractivity contribution is 5.25. The van der Waals surface area contributed by atoms with Crippen molar-refractivity contribution in [3.05, 3.63) is 53.6 Å². The van der Waals surface area contributed by atoms with E-state index in [9.17, 15) is 0 Å². The molecule has 0 saturated carbocycles. The Hall–Kier alpha value is -1.57. The fourth-order valence-corrected chi connectivity index (χ4v) is 1.42. The molecule has 0 fully saturated rings. The van der Waals surface area contributed by atoms with E-state index in [1.54, 1.807) is 6.33 Å². The van der Waals surface area contributed by atoms with E-state index in [1.165, 1.54) is 11.1 Å². The number of aromatic amines is 1. The summed E-state index contributed by atoms with van der Waals surface area (Å²) in [5.74, 6) is 0. The van der Waals surface area contributed by atoms with Gasteiger partial charge in [0.15, 0.2) is 0 Å². The topological polar surface area (TPSA) is 28.7 Å². The quantitative estimate of drug-likeness (QED) is 0.739. The highest BCUT2D eigenvalue weighted by Gasteiger charge is 1.96. The Bertz CT molecular complexity index is 377. The highest BCUT2D eigenvalue weighted by Crippen LogP contribution is 2.08. The third-order valence-electron chi connectivity index (χ3n) is 2.03. The van der Waals surface area contributed by atoms with Gasteiger partial charge in [0, 0.05) is 18.3 Å². The molecule has 1 heterocycles. The van der Waals surface area contributed by atoms with Crippen LogP contribution in [0.3, 0.4) is 0 Å². The van der Waals surface area contributed by atoms with Crippen LogP contribution in [-0.4, -0.2) is 9.97 Å². The van der Waals surface area contributed by atoms with Gasteiger partial charge in [0.2, 0.25) is 0 Å². The molecule has 0 unspecified atom stereocenters. The van der Waals surface area contributed by atoms with Crippen molar-refractivity contribution in [3.8, 4) is 0 Å². The number of aromatic nitrogens is 2. The molecule has 13 heavy (non-hydrogen) atoms. The zero-order valence-corrected chi connectivity index (χ0v) is 7.62. The molecule has 2 rings (SSSR count). The molecule has 0 aliphatic heterocycles. The largest absolute Gasteiger partial charge is 0.348 e. The zero-order chi connectivity index (χ0) is 9.10. The summed E-state index contributed by atoms with van der Waals surface area (Å²) in [4.78, 5) is 7.08. The number of benzene rings is 1. The molecule has 0 atom stereocenters. The standard InChI is InChI=1S/C11H12N2/c1-9-3-2-4-10(5-9)6-11-7-12-8-13-11/h2-5,7-8H,6H2,1H3,(H,12,13). The van der Waals surface area contributed by atoms with Crippen LogP contribution in [0.4, 0.5) is 0 Å². The Kier molecular flexibility index (Phi) is 2.13. The number of hydrogen-bond donors (Lipinski definition) is 1. The molecule has 0 spiro atoms. The minimum atomic E-state index is 0.932. The van der Waals surface area contributed by atoms with E-state index >= 15 is 0 Å². The molecule has 2 heteroatoms. The van der Waals surface area contributed by atoms with Crippen molar-refractivity contribution < 1.29 is 0 Å². The van der Waals surface area contributed by atoms with Crippen molar-refractivity contribution in [2.24, 2.45) is 0 Å². The number of H-pyrrole nitrogens is 1. The second-order valence-corrected chi connectivity index (χ2v) is 3.24. The first-order valence-corrected chi connectivity index (χ1v) is 4.37. The zero-order valence-electron chi connectivity index (χ0n) is 7.62. The van der Waals surface area contributed by atoms with Crippen LogP contribution in [-0.2, 0) is 6.42 Å². The molecular formula is C11H12N2. The molecule has 2 aromatic rings. The monoisotopic (exact) mass is 172 g/mol. The van der Waals surface area contributed by atoms with E-state index in [-0.39, 0.29) is 0 Å². The molecule has 1 N–H and O–H groups in total. The molecular weight excluding hydrogens is 160 g/mol. The summed E-state index contributed by atoms with van der Waals surface area (Å²) in [5.41, 5.74) is 3.78. The van der Waals surface area contributed by atoms with Crippen LogP contribution >= 0.6 is 0 Å². The molecule has 0 aliphatic carbocycles. The number of aryl methyl sites for hydroxylation is 1. The minimum Gasteiger partial charge on any atom is -0.348 e. The van der Waals surface area contributed by atoms with Crippen LogP contribution in [0.1, 0.15) is 16.8 Å². The number of hydrogen-bond acceptors (Lipinski definition) is 1. The maximum atomic E-state index is 3.99. The average molecular weight is 172 g/mol. The Labute approximate surface area is 77.6 Å². The second kappa shape index (κ2) is 3.44. The van der Waals surface area contributed by atoms with Gasteiger partial charge in [-0.1, -0.05) is 29.8 Å². The summed E-state index contributed by atoms with van der Waals surface area (Å²) >= 11 is 0. The van der Waals surface area contributed by atoms with Gasteiger partial charge in [-0.15, -0.1) is 0 Å². The summed E-state index contributed by atoms with van der Waals surface area (Å²) < 4.78 is 0. The predicted molar refractivity (Wildman–Crippen MR) is 52.6 cm³/mol. The first-order valence-electron chi connectivity index (χ1n) is 4.37. The van der Waals surface area contributed by atoms with Crippen molar-refractivity contribution in [2.75, 3.05) is 0 Å². The average Bonchev–Trinajstić information content (AvgIpc) is 2.57. The van der Waals surface area contributed by atoms with E-state index < -0.39 is 0 Å². The third-order valence-corrected chi connectivity index (χ3v) is 2.03. The number of imidazole rings is 1. The third kappa shape index (κ3) is 1.96. The lowest BCUT2D eigenvalue weighted by molar-refractivity contribution is 1.10. The van der Waals surface area contributed by atoms with Gasteiger partial charge in [-0.25, -0.2) is 4.98 Å². The Morgan fingerprint density at radius 3 is 3.00 bits per heavy atom. The molecule has 1 aromatic carbocycles. The van der Waals surface area contributed by atoms with E-state index in [0.29, 0.717) is 0 Å². The highest BCUT2D eigenvalue weighted by atomic mass is 14.9. The van der Waals surface area contributed by atoms with Gasteiger partial charge in [0.25, 0.3) is 0 Å². The van der Waals surface area contributed by atoms with Crippen LogP contribution in [0.2, 0.25) is 0 Å². The fourth-order valence-electron chi connectivity index (χ4n) is 1.42. The van der Waals surface area contributed by atoms with Gasteiger partial charge in [-0.05, 0) is 12.5 Å². The van der Waals surface area contributed by atoms with Crippen molar-refractivity contribution in [2.45, 2.75) is 13.3 Å². The van der Waals surface area contributed by atoms with Gasteiger partial charge in [0.1, 0.15) is 0 Å². The second-order valence-electron chi connectivity index (χ2n) is 3.24. The van der Waals surface area contributed by atoms with E-state index in [1.807, 2.05) is 6.20 Å². The smallest absolute Gasteiger partial charge is 0.0921 e. The number of rotatable bonds is 2. The molecule has 0 radical (unpaired) electrons. The number of nitrogens with one attached hydrogen (secondary N) is 1. The fraction of sp³-hybridized carbons (Fsp3) is 0.182. The Balaban J connectivity index is 2.19. The molecule has 0 bridgehead atoms. The van der Waals surface area contributed by atoms with Gasteiger partial charge >= 0.3 is 0 Å². The van der Waals surface area contributed by atoms with Crippen molar-refractivity contribution in [1.29, 1.82) is 0 Å². The van der Waals surface area contributed by atoms with Gasteiger partial charge < -0.3 is 4.98 Å². The molecule has 0 amide bonds. The SMILES string of the molecule is Cc1cccc(Cc2cnc[nH]2)c1.